The fourth-order valence-electron chi connectivity index (χ4n) is 6.95. The number of allylic oxidation sites excluding steroid dienone is 22. The molecule has 0 bridgehead atoms. The molecule has 0 aromatic carbocycles. The van der Waals surface area contributed by atoms with E-state index in [0.717, 1.165) is 103 Å². The zero-order chi connectivity index (χ0) is 51.0. The van der Waals surface area contributed by atoms with E-state index in [4.69, 9.17) is 18.9 Å². The number of hydrogen-bond acceptors (Lipinski definition) is 11. The Bertz CT molecular complexity index is 1720. The van der Waals surface area contributed by atoms with Gasteiger partial charge in [-0.3, -0.25) is 9.35 Å². The van der Waals surface area contributed by atoms with Crippen molar-refractivity contribution in [3.8, 4) is 0 Å². The van der Waals surface area contributed by atoms with E-state index in [-0.39, 0.29) is 19.6 Å². The van der Waals surface area contributed by atoms with Crippen LogP contribution < -0.4 is 0 Å². The van der Waals surface area contributed by atoms with Crippen LogP contribution in [0.25, 0.3) is 0 Å². The second-order valence-electron chi connectivity index (χ2n) is 17.0. The zero-order valence-corrected chi connectivity index (χ0v) is 43.3. The third-order valence-electron chi connectivity index (χ3n) is 10.8. The van der Waals surface area contributed by atoms with E-state index >= 15 is 0 Å². The highest BCUT2D eigenvalue weighted by molar-refractivity contribution is 7.80. The van der Waals surface area contributed by atoms with E-state index in [9.17, 15) is 33.1 Å². The van der Waals surface area contributed by atoms with Crippen LogP contribution in [0.4, 0.5) is 0 Å². The summed E-state index contributed by atoms with van der Waals surface area (Å²) in [4.78, 5) is 12.9. The van der Waals surface area contributed by atoms with Crippen LogP contribution >= 0.6 is 0 Å². The first-order valence-corrected chi connectivity index (χ1v) is 27.3. The minimum absolute atomic E-state index is 0.00503. The van der Waals surface area contributed by atoms with Gasteiger partial charge in [0.15, 0.2) is 6.29 Å². The number of hydrogen-bond donors (Lipinski definition) is 4. The van der Waals surface area contributed by atoms with Crippen LogP contribution in [0.15, 0.2) is 134 Å². The number of unbranched alkanes of at least 4 members (excludes halogenated alkanes) is 8. The lowest BCUT2D eigenvalue weighted by atomic mass is 9.99. The number of rotatable bonds is 43. The first-order chi connectivity index (χ1) is 34.1. The molecular weight excluding hydrogens is 909 g/mol. The summed E-state index contributed by atoms with van der Waals surface area (Å²) in [6.07, 6.45) is 59.2. The Hall–Kier alpha value is -3.76. The van der Waals surface area contributed by atoms with Gasteiger partial charge in [-0.2, -0.15) is 8.42 Å². The summed E-state index contributed by atoms with van der Waals surface area (Å²) in [5.41, 5.74) is 0. The predicted octanol–water partition coefficient (Wildman–Crippen LogP) is 12.3. The third-order valence-corrected chi connectivity index (χ3v) is 11.2. The van der Waals surface area contributed by atoms with Crippen molar-refractivity contribution in [1.29, 1.82) is 0 Å². The quantitative estimate of drug-likeness (QED) is 0.0197. The predicted molar refractivity (Wildman–Crippen MR) is 284 cm³/mol. The summed E-state index contributed by atoms with van der Waals surface area (Å²) in [6.45, 7) is 3.63. The highest BCUT2D eigenvalue weighted by atomic mass is 32.3. The van der Waals surface area contributed by atoms with Crippen molar-refractivity contribution in [2.24, 2.45) is 0 Å². The second-order valence-corrected chi connectivity index (χ2v) is 18.0. The number of aliphatic hydroxyl groups excluding tert-OH is 3. The molecule has 0 radical (unpaired) electrons. The summed E-state index contributed by atoms with van der Waals surface area (Å²) < 4.78 is 59.2. The Morgan fingerprint density at radius 3 is 1.37 bits per heavy atom. The molecule has 6 atom stereocenters. The van der Waals surface area contributed by atoms with E-state index in [1.54, 1.807) is 0 Å². The zero-order valence-electron chi connectivity index (χ0n) is 42.5. The molecule has 0 aliphatic carbocycles. The number of aliphatic hydroxyl groups is 3. The average Bonchev–Trinajstić information content (AvgIpc) is 3.34. The number of carbonyl (C=O) groups excluding carboxylic acids is 1. The Balaban J connectivity index is 2.40. The van der Waals surface area contributed by atoms with Gasteiger partial charge in [0, 0.05) is 13.0 Å². The van der Waals surface area contributed by atoms with Crippen molar-refractivity contribution in [1.82, 2.24) is 0 Å². The number of ether oxygens (including phenoxy) is 4. The average molecular weight is 999 g/mol. The number of esters is 1. The Kier molecular flexibility index (Phi) is 42.5. The van der Waals surface area contributed by atoms with Gasteiger partial charge in [0.05, 0.1) is 19.8 Å². The number of carbonyl (C=O) groups is 1. The molecule has 0 aromatic rings. The molecule has 0 aromatic heterocycles. The van der Waals surface area contributed by atoms with Crippen molar-refractivity contribution in [2.75, 3.05) is 26.4 Å². The second kappa shape index (κ2) is 46.3. The first-order valence-electron chi connectivity index (χ1n) is 25.9. The molecule has 13 heteroatoms. The smallest absolute Gasteiger partial charge is 0.397 e. The molecule has 1 heterocycles. The molecule has 396 valence electrons. The summed E-state index contributed by atoms with van der Waals surface area (Å²) in [5, 5.41) is 30.8. The maximum Gasteiger partial charge on any atom is 0.397 e. The Morgan fingerprint density at radius 2 is 0.943 bits per heavy atom. The summed E-state index contributed by atoms with van der Waals surface area (Å²) >= 11 is 0. The normalized spacial score (nSPS) is 20.2. The topological polar surface area (TPSA) is 178 Å². The van der Waals surface area contributed by atoms with Gasteiger partial charge in [-0.15, -0.1) is 0 Å². The standard InChI is InChI=1S/C57H90O12S/c1-3-5-7-9-11-13-15-17-19-21-22-23-24-25-26-27-28-29-31-33-35-37-39-41-43-45-47-65-49-51(50-66-57-55(61)56(69-70(62,63)64)54(60)52(48-58)68-57)67-53(59)46-44-42-40-38-36-34-32-30-20-18-16-14-12-10-8-6-4-2/h5-8,11-14,17-20,22-23,25-26,28-29,32,34,38,40,51-52,54-58,60-61H,3-4,9-10,15-16,21,24,27,30-31,33,35-37,39,41-50H2,1-2H3,(H,62,63,64)/b7-5-,8-6-,13-11-,14-12-,19-17-,20-18-,23-22-,26-25-,29-28-,34-32-,40-38-. The molecule has 1 aliphatic heterocycles. The summed E-state index contributed by atoms with van der Waals surface area (Å²) in [6, 6.07) is 0. The SMILES string of the molecule is CC/C=C\C/C=C\C/C=C\C/C=C\C/C=C\C/C=C\CCCCCCCCCOCC(COC1OC(CO)C(O)C(OS(=O)(=O)O)C1O)OC(=O)CCC/C=C\C/C=C\C/C=C\C/C=C\C/C=C\CC. The Morgan fingerprint density at radius 1 is 0.543 bits per heavy atom. The maximum absolute atomic E-state index is 12.9. The van der Waals surface area contributed by atoms with Crippen molar-refractivity contribution >= 4 is 16.4 Å². The van der Waals surface area contributed by atoms with Crippen molar-refractivity contribution in [3.63, 3.8) is 0 Å². The lowest BCUT2D eigenvalue weighted by molar-refractivity contribution is -0.301. The lowest BCUT2D eigenvalue weighted by Crippen LogP contribution is -2.60. The summed E-state index contributed by atoms with van der Waals surface area (Å²) in [7, 11) is -5.08. The molecular formula is C57H90O12S. The van der Waals surface area contributed by atoms with Crippen LogP contribution in [0.5, 0.6) is 0 Å². The fourth-order valence-corrected chi connectivity index (χ4v) is 7.45. The van der Waals surface area contributed by atoms with Crippen LogP contribution in [-0.2, 0) is 38.3 Å². The van der Waals surface area contributed by atoms with Gasteiger partial charge in [-0.05, 0) is 103 Å². The van der Waals surface area contributed by atoms with Crippen LogP contribution in [-0.4, -0.2) is 97.5 Å². The maximum atomic E-state index is 12.9. The van der Waals surface area contributed by atoms with E-state index in [1.807, 2.05) is 6.08 Å². The van der Waals surface area contributed by atoms with Crippen molar-refractivity contribution in [2.45, 2.75) is 192 Å². The van der Waals surface area contributed by atoms with Gasteiger partial charge >= 0.3 is 16.4 Å². The molecule has 12 nitrogen and oxygen atoms in total. The van der Waals surface area contributed by atoms with Gasteiger partial charge in [0.25, 0.3) is 0 Å². The minimum atomic E-state index is -5.08. The molecule has 6 unspecified atom stereocenters. The van der Waals surface area contributed by atoms with E-state index < -0.39 is 59.8 Å². The van der Waals surface area contributed by atoms with Gasteiger partial charge in [0.1, 0.15) is 30.5 Å². The van der Waals surface area contributed by atoms with E-state index in [2.05, 4.69) is 146 Å². The summed E-state index contributed by atoms with van der Waals surface area (Å²) in [5.74, 6) is -0.466. The molecule has 4 N–H and O–H groups in total. The molecule has 70 heavy (non-hydrogen) atoms. The molecule has 1 fully saturated rings. The molecule has 1 rings (SSSR count). The molecule has 0 saturated carbocycles. The first kappa shape index (κ1) is 64.3. The van der Waals surface area contributed by atoms with Crippen molar-refractivity contribution < 1.29 is 56.2 Å². The van der Waals surface area contributed by atoms with Crippen LogP contribution in [0.1, 0.15) is 155 Å². The molecule has 1 aliphatic rings. The largest absolute Gasteiger partial charge is 0.457 e. The van der Waals surface area contributed by atoms with Gasteiger partial charge < -0.3 is 34.3 Å². The van der Waals surface area contributed by atoms with Crippen molar-refractivity contribution in [3.05, 3.63) is 134 Å². The van der Waals surface area contributed by atoms with Gasteiger partial charge in [0.2, 0.25) is 0 Å². The minimum Gasteiger partial charge on any atom is -0.457 e. The molecule has 0 spiro atoms. The Labute approximate surface area is 423 Å². The van der Waals surface area contributed by atoms with Gasteiger partial charge in [-0.25, -0.2) is 4.18 Å². The van der Waals surface area contributed by atoms with Crippen LogP contribution in [0, 0.1) is 0 Å². The third kappa shape index (κ3) is 38.9. The van der Waals surface area contributed by atoms with Crippen LogP contribution in [0.3, 0.4) is 0 Å². The molecule has 0 amide bonds. The van der Waals surface area contributed by atoms with E-state index in [1.165, 1.54) is 19.3 Å². The van der Waals surface area contributed by atoms with Gasteiger partial charge in [-0.1, -0.05) is 180 Å². The van der Waals surface area contributed by atoms with Crippen LogP contribution in [0.2, 0.25) is 0 Å². The lowest BCUT2D eigenvalue weighted by Gasteiger charge is -2.41. The monoisotopic (exact) mass is 999 g/mol. The highest BCUT2D eigenvalue weighted by Gasteiger charge is 2.48. The fraction of sp³-hybridized carbons (Fsp3) is 0.596. The molecule has 1 saturated heterocycles. The highest BCUT2D eigenvalue weighted by Crippen LogP contribution is 2.26. The van der Waals surface area contributed by atoms with E-state index in [0.29, 0.717) is 19.4 Å².